The molecule has 1 aliphatic carbocycles. The number of aryl methyl sites for hydroxylation is 1. The first-order valence-electron chi connectivity index (χ1n) is 9.10. The summed E-state index contributed by atoms with van der Waals surface area (Å²) in [6.07, 6.45) is 3.92. The van der Waals surface area contributed by atoms with Crippen LogP contribution < -0.4 is 19.9 Å². The maximum Gasteiger partial charge on any atom is 0.203 e. The van der Waals surface area contributed by atoms with E-state index >= 15 is 0 Å². The van der Waals surface area contributed by atoms with E-state index in [0.29, 0.717) is 28.7 Å². The Kier molecular flexibility index (Phi) is 5.41. The maximum absolute atomic E-state index is 9.81. The average molecular weight is 367 g/mol. The Bertz CT molecular complexity index is 903. The molecule has 1 aromatic heterocycles. The highest BCUT2D eigenvalue weighted by atomic mass is 16.5. The van der Waals surface area contributed by atoms with Crippen molar-refractivity contribution >= 4 is 5.82 Å². The second kappa shape index (κ2) is 7.75. The number of nitrogens with two attached hydrogens (primary N) is 1. The van der Waals surface area contributed by atoms with Crippen LogP contribution in [0, 0.1) is 17.2 Å². The van der Waals surface area contributed by atoms with Crippen LogP contribution in [-0.2, 0) is 12.8 Å². The van der Waals surface area contributed by atoms with E-state index in [2.05, 4.69) is 18.0 Å². The Hall–Kier alpha value is -2.94. The minimum Gasteiger partial charge on any atom is -0.493 e. The summed E-state index contributed by atoms with van der Waals surface area (Å²) >= 11 is 0. The fourth-order valence-electron chi connectivity index (χ4n) is 3.91. The van der Waals surface area contributed by atoms with E-state index in [1.54, 1.807) is 21.3 Å². The topological polar surface area (TPSA) is 90.4 Å². The van der Waals surface area contributed by atoms with E-state index in [1.165, 1.54) is 0 Å². The molecule has 2 N–H and O–H groups in total. The monoisotopic (exact) mass is 367 g/mol. The van der Waals surface area contributed by atoms with Crippen molar-refractivity contribution in [1.82, 2.24) is 4.98 Å². The van der Waals surface area contributed by atoms with Gasteiger partial charge in [0.25, 0.3) is 0 Å². The summed E-state index contributed by atoms with van der Waals surface area (Å²) < 4.78 is 16.6. The summed E-state index contributed by atoms with van der Waals surface area (Å²) in [5.74, 6) is 2.42. The number of benzene rings is 1. The molecule has 0 saturated heterocycles. The maximum atomic E-state index is 9.81. The molecular weight excluding hydrogens is 342 g/mol. The van der Waals surface area contributed by atoms with Gasteiger partial charge in [-0.2, -0.15) is 5.26 Å². The zero-order valence-electron chi connectivity index (χ0n) is 16.3. The summed E-state index contributed by atoms with van der Waals surface area (Å²) in [6.45, 7) is 2.20. The van der Waals surface area contributed by atoms with E-state index in [0.717, 1.165) is 48.1 Å². The highest BCUT2D eigenvalue weighted by Crippen LogP contribution is 2.48. The molecule has 0 aliphatic heterocycles. The highest BCUT2D eigenvalue weighted by molar-refractivity contribution is 5.85. The molecule has 1 aliphatic rings. The molecule has 142 valence electrons. The lowest BCUT2D eigenvalue weighted by atomic mass is 9.80. The molecule has 1 heterocycles. The molecule has 6 nitrogen and oxygen atoms in total. The molecular formula is C21H25N3O3. The number of anilines is 1. The van der Waals surface area contributed by atoms with Crippen LogP contribution in [0.5, 0.6) is 17.2 Å². The molecule has 0 amide bonds. The van der Waals surface area contributed by atoms with Crippen molar-refractivity contribution < 1.29 is 14.2 Å². The lowest BCUT2D eigenvalue weighted by Crippen LogP contribution is -2.18. The number of aromatic nitrogens is 1. The first-order chi connectivity index (χ1) is 13.1. The van der Waals surface area contributed by atoms with Crippen LogP contribution >= 0.6 is 0 Å². The van der Waals surface area contributed by atoms with Gasteiger partial charge in [-0.15, -0.1) is 0 Å². The smallest absolute Gasteiger partial charge is 0.203 e. The average Bonchev–Trinajstić information content (AvgIpc) is 2.71. The number of ether oxygens (including phenoxy) is 3. The molecule has 27 heavy (non-hydrogen) atoms. The van der Waals surface area contributed by atoms with Gasteiger partial charge in [-0.25, -0.2) is 4.98 Å². The number of nitriles is 1. The van der Waals surface area contributed by atoms with Crippen LogP contribution in [-0.4, -0.2) is 26.3 Å². The Balaban J connectivity index is 2.35. The molecule has 3 rings (SSSR count). The highest BCUT2D eigenvalue weighted by Gasteiger charge is 2.28. The second-order valence-electron chi connectivity index (χ2n) is 6.68. The number of nitrogen functional groups attached to an aromatic ring is 1. The minimum atomic E-state index is 0.262. The largest absolute Gasteiger partial charge is 0.493 e. The Morgan fingerprint density at radius 2 is 1.93 bits per heavy atom. The van der Waals surface area contributed by atoms with Crippen LogP contribution in [0.3, 0.4) is 0 Å². The number of fused-ring (bicyclic) bond motifs is 1. The Morgan fingerprint density at radius 3 is 2.52 bits per heavy atom. The molecule has 6 heteroatoms. The summed E-state index contributed by atoms with van der Waals surface area (Å²) in [5, 5.41) is 9.81. The normalized spacial score (nSPS) is 15.6. The molecule has 1 aromatic carbocycles. The molecule has 2 aromatic rings. The first kappa shape index (κ1) is 18.8. The van der Waals surface area contributed by atoms with Gasteiger partial charge in [-0.1, -0.05) is 13.3 Å². The van der Waals surface area contributed by atoms with E-state index in [-0.39, 0.29) is 5.82 Å². The fraction of sp³-hybridized carbons (Fsp3) is 0.429. The van der Waals surface area contributed by atoms with Crippen LogP contribution in [0.15, 0.2) is 12.1 Å². The quantitative estimate of drug-likeness (QED) is 0.866. The third-order valence-corrected chi connectivity index (χ3v) is 5.36. The van der Waals surface area contributed by atoms with Crippen molar-refractivity contribution in [3.8, 4) is 34.4 Å². The van der Waals surface area contributed by atoms with Crippen molar-refractivity contribution in [1.29, 1.82) is 5.26 Å². The number of rotatable bonds is 5. The van der Waals surface area contributed by atoms with Gasteiger partial charge >= 0.3 is 0 Å². The molecule has 0 bridgehead atoms. The van der Waals surface area contributed by atoms with Gasteiger partial charge in [0.2, 0.25) is 5.75 Å². The molecule has 1 unspecified atom stereocenters. The van der Waals surface area contributed by atoms with E-state index < -0.39 is 0 Å². The van der Waals surface area contributed by atoms with Crippen molar-refractivity contribution in [2.75, 3.05) is 27.1 Å². The number of hydrogen-bond donors (Lipinski definition) is 1. The summed E-state index contributed by atoms with van der Waals surface area (Å²) in [4.78, 5) is 4.53. The lowest BCUT2D eigenvalue weighted by molar-refractivity contribution is 0.325. The van der Waals surface area contributed by atoms with Gasteiger partial charge < -0.3 is 19.9 Å². The van der Waals surface area contributed by atoms with E-state index in [1.807, 2.05) is 12.1 Å². The zero-order chi connectivity index (χ0) is 19.6. The first-order valence-corrected chi connectivity index (χ1v) is 9.10. The van der Waals surface area contributed by atoms with Gasteiger partial charge in [-0.3, -0.25) is 0 Å². The van der Waals surface area contributed by atoms with Crippen LogP contribution in [0.25, 0.3) is 11.1 Å². The standard InChI is InChI=1S/C21H25N3O3/c1-5-12-6-8-16-14(10-12)18(15(11-22)21(23)24-16)13-7-9-17(25-2)20(27-4)19(13)26-3/h7,9,12H,5-6,8,10H2,1-4H3,(H2,23,24). The van der Waals surface area contributed by atoms with Gasteiger partial charge in [-0.05, 0) is 42.9 Å². The van der Waals surface area contributed by atoms with Crippen molar-refractivity contribution in [3.05, 3.63) is 29.0 Å². The molecule has 0 spiro atoms. The number of methoxy groups -OCH3 is 3. The fourth-order valence-corrected chi connectivity index (χ4v) is 3.91. The molecule has 0 fully saturated rings. The van der Waals surface area contributed by atoms with E-state index in [4.69, 9.17) is 19.9 Å². The Morgan fingerprint density at radius 1 is 1.19 bits per heavy atom. The van der Waals surface area contributed by atoms with Crippen molar-refractivity contribution in [3.63, 3.8) is 0 Å². The predicted molar refractivity (Wildman–Crippen MR) is 104 cm³/mol. The second-order valence-corrected chi connectivity index (χ2v) is 6.68. The molecule has 0 radical (unpaired) electrons. The number of nitrogens with zero attached hydrogens (tertiary/aromatic N) is 2. The van der Waals surface area contributed by atoms with Crippen molar-refractivity contribution in [2.24, 2.45) is 5.92 Å². The third kappa shape index (κ3) is 3.14. The van der Waals surface area contributed by atoms with E-state index in [9.17, 15) is 5.26 Å². The van der Waals surface area contributed by atoms with Crippen LogP contribution in [0.1, 0.15) is 36.6 Å². The summed E-state index contributed by atoms with van der Waals surface area (Å²) in [7, 11) is 4.73. The van der Waals surface area contributed by atoms with Crippen molar-refractivity contribution in [2.45, 2.75) is 32.6 Å². The van der Waals surface area contributed by atoms with Crippen LogP contribution in [0.4, 0.5) is 5.82 Å². The SMILES string of the molecule is CCC1CCc2nc(N)c(C#N)c(-c3ccc(OC)c(OC)c3OC)c2C1. The van der Waals surface area contributed by atoms with Gasteiger partial charge in [0, 0.05) is 16.8 Å². The molecule has 1 atom stereocenters. The van der Waals surface area contributed by atoms with Gasteiger partial charge in [0.15, 0.2) is 11.5 Å². The van der Waals surface area contributed by atoms with Gasteiger partial charge in [0.1, 0.15) is 17.5 Å². The summed E-state index contributed by atoms with van der Waals surface area (Å²) in [6, 6.07) is 5.96. The number of hydrogen-bond acceptors (Lipinski definition) is 6. The predicted octanol–water partition coefficient (Wildman–Crippen LogP) is 3.74. The Labute approximate surface area is 159 Å². The summed E-state index contributed by atoms with van der Waals surface area (Å²) in [5.41, 5.74) is 10.2. The minimum absolute atomic E-state index is 0.262. The van der Waals surface area contributed by atoms with Gasteiger partial charge in [0.05, 0.1) is 21.3 Å². The third-order valence-electron chi connectivity index (χ3n) is 5.36. The zero-order valence-corrected chi connectivity index (χ0v) is 16.3. The molecule has 0 saturated carbocycles. The lowest BCUT2D eigenvalue weighted by Gasteiger charge is -2.27. The van der Waals surface area contributed by atoms with Crippen LogP contribution in [0.2, 0.25) is 0 Å². The number of pyridine rings is 1.